The summed E-state index contributed by atoms with van der Waals surface area (Å²) < 4.78 is 5.49. The summed E-state index contributed by atoms with van der Waals surface area (Å²) >= 11 is 11.6. The molecule has 6 heteroatoms. The molecule has 3 nitrogen and oxygen atoms in total. The monoisotopic (exact) mass is 298 g/mol. The maximum atomic E-state index is 5.85. The van der Waals surface area contributed by atoms with Gasteiger partial charge in [-0.25, -0.2) is 0 Å². The summed E-state index contributed by atoms with van der Waals surface area (Å²) in [5.74, 6) is 0.732. The van der Waals surface area contributed by atoms with Crippen molar-refractivity contribution in [3.8, 4) is 5.75 Å². The van der Waals surface area contributed by atoms with E-state index < -0.39 is 0 Å². The highest BCUT2D eigenvalue weighted by molar-refractivity contribution is 6.42. The molecule has 0 saturated heterocycles. The zero-order valence-electron chi connectivity index (χ0n) is 9.42. The summed E-state index contributed by atoms with van der Waals surface area (Å²) in [5, 5.41) is 4.27. The van der Waals surface area contributed by atoms with Crippen molar-refractivity contribution in [3.05, 3.63) is 28.2 Å². The average Bonchev–Trinajstić information content (AvgIpc) is 2.28. The molecular formula is C11H17Cl3N2O. The lowest BCUT2D eigenvalue weighted by Gasteiger charge is -2.07. The smallest absolute Gasteiger partial charge is 0.120 e. The minimum absolute atomic E-state index is 0. The van der Waals surface area contributed by atoms with E-state index in [-0.39, 0.29) is 12.4 Å². The molecule has 0 amide bonds. The van der Waals surface area contributed by atoms with Crippen molar-refractivity contribution in [3.63, 3.8) is 0 Å². The number of halogens is 3. The van der Waals surface area contributed by atoms with E-state index in [0.29, 0.717) is 23.2 Å². The Morgan fingerprint density at radius 2 is 1.94 bits per heavy atom. The van der Waals surface area contributed by atoms with E-state index in [1.807, 2.05) is 0 Å². The van der Waals surface area contributed by atoms with Crippen LogP contribution in [0, 0.1) is 0 Å². The molecule has 0 radical (unpaired) electrons. The van der Waals surface area contributed by atoms with Gasteiger partial charge in [0.25, 0.3) is 0 Å². The first-order valence-corrected chi connectivity index (χ1v) is 5.98. The summed E-state index contributed by atoms with van der Waals surface area (Å²) in [6, 6.07) is 5.24. The van der Waals surface area contributed by atoms with Gasteiger partial charge in [0.1, 0.15) is 12.4 Å². The summed E-state index contributed by atoms with van der Waals surface area (Å²) in [5.41, 5.74) is 5.37. The lowest BCUT2D eigenvalue weighted by atomic mass is 10.3. The van der Waals surface area contributed by atoms with Crippen LogP contribution in [-0.2, 0) is 0 Å². The van der Waals surface area contributed by atoms with Gasteiger partial charge < -0.3 is 15.8 Å². The molecule has 0 aliphatic heterocycles. The molecule has 0 aliphatic carbocycles. The highest BCUT2D eigenvalue weighted by atomic mass is 35.5. The first kappa shape index (κ1) is 16.8. The Hall–Kier alpha value is -0.190. The molecule has 0 spiro atoms. The predicted molar refractivity (Wildman–Crippen MR) is 75.7 cm³/mol. The maximum absolute atomic E-state index is 5.85. The molecule has 3 N–H and O–H groups in total. The van der Waals surface area contributed by atoms with Gasteiger partial charge >= 0.3 is 0 Å². The molecule has 98 valence electrons. The van der Waals surface area contributed by atoms with Gasteiger partial charge in [0.2, 0.25) is 0 Å². The zero-order valence-corrected chi connectivity index (χ0v) is 11.7. The van der Waals surface area contributed by atoms with Crippen molar-refractivity contribution >= 4 is 35.6 Å². The van der Waals surface area contributed by atoms with Crippen molar-refractivity contribution in [2.45, 2.75) is 6.42 Å². The van der Waals surface area contributed by atoms with E-state index in [2.05, 4.69) is 5.32 Å². The average molecular weight is 300 g/mol. The first-order valence-electron chi connectivity index (χ1n) is 5.22. The van der Waals surface area contributed by atoms with Crippen LogP contribution >= 0.6 is 35.6 Å². The summed E-state index contributed by atoms with van der Waals surface area (Å²) in [6.07, 6.45) is 0.979. The van der Waals surface area contributed by atoms with Crippen LogP contribution in [-0.4, -0.2) is 26.2 Å². The molecule has 1 aromatic rings. The second kappa shape index (κ2) is 9.80. The minimum atomic E-state index is 0. The first-order chi connectivity index (χ1) is 7.74. The van der Waals surface area contributed by atoms with Gasteiger partial charge in [-0.2, -0.15) is 0 Å². The number of hydrogen-bond donors (Lipinski definition) is 2. The third-order valence-corrected chi connectivity index (χ3v) is 2.74. The van der Waals surface area contributed by atoms with Crippen LogP contribution in [0.5, 0.6) is 5.75 Å². The number of benzene rings is 1. The highest BCUT2D eigenvalue weighted by Crippen LogP contribution is 2.26. The quantitative estimate of drug-likeness (QED) is 0.761. The fraction of sp³-hybridized carbons (Fsp3) is 0.455. The van der Waals surface area contributed by atoms with Crippen LogP contribution in [0.4, 0.5) is 0 Å². The van der Waals surface area contributed by atoms with Crippen LogP contribution in [0.3, 0.4) is 0 Å². The van der Waals surface area contributed by atoms with Gasteiger partial charge in [-0.15, -0.1) is 12.4 Å². The van der Waals surface area contributed by atoms with Crippen LogP contribution in [0.15, 0.2) is 18.2 Å². The lowest BCUT2D eigenvalue weighted by molar-refractivity contribution is 0.314. The third-order valence-electron chi connectivity index (χ3n) is 2.00. The SMILES string of the molecule is Cl.NCCCNCCOc1ccc(Cl)c(Cl)c1. The normalized spacial score (nSPS) is 9.82. The van der Waals surface area contributed by atoms with Gasteiger partial charge in [0.15, 0.2) is 0 Å². The number of hydrogen-bond acceptors (Lipinski definition) is 3. The summed E-state index contributed by atoms with van der Waals surface area (Å²) in [7, 11) is 0. The Morgan fingerprint density at radius 3 is 2.59 bits per heavy atom. The third kappa shape index (κ3) is 6.96. The van der Waals surface area contributed by atoms with Gasteiger partial charge in [-0.3, -0.25) is 0 Å². The van der Waals surface area contributed by atoms with Crippen LogP contribution in [0.25, 0.3) is 0 Å². The number of rotatable bonds is 7. The van der Waals surface area contributed by atoms with Crippen LogP contribution in [0.2, 0.25) is 10.0 Å². The lowest BCUT2D eigenvalue weighted by Crippen LogP contribution is -2.23. The molecule has 17 heavy (non-hydrogen) atoms. The van der Waals surface area contributed by atoms with Crippen LogP contribution in [0.1, 0.15) is 6.42 Å². The molecule has 1 rings (SSSR count). The molecule has 0 bridgehead atoms. The molecule has 0 aliphatic rings. The Bertz CT molecular complexity index is 324. The highest BCUT2D eigenvalue weighted by Gasteiger charge is 1.99. The molecule has 0 fully saturated rings. The number of nitrogens with two attached hydrogens (primary N) is 1. The second-order valence-electron chi connectivity index (χ2n) is 3.32. The number of ether oxygens (including phenoxy) is 1. The summed E-state index contributed by atoms with van der Waals surface area (Å²) in [4.78, 5) is 0. The molecule has 0 unspecified atom stereocenters. The maximum Gasteiger partial charge on any atom is 0.120 e. The standard InChI is InChI=1S/C11H16Cl2N2O.ClH/c12-10-3-2-9(8-11(10)13)16-7-6-15-5-1-4-14;/h2-3,8,15H,1,4-7,14H2;1H. The van der Waals surface area contributed by atoms with E-state index >= 15 is 0 Å². The van der Waals surface area contributed by atoms with Crippen molar-refractivity contribution in [2.24, 2.45) is 5.73 Å². The van der Waals surface area contributed by atoms with E-state index in [9.17, 15) is 0 Å². The summed E-state index contributed by atoms with van der Waals surface area (Å²) in [6.45, 7) is 3.02. The molecule has 0 atom stereocenters. The van der Waals surface area contributed by atoms with Crippen molar-refractivity contribution in [1.29, 1.82) is 0 Å². The van der Waals surface area contributed by atoms with Gasteiger partial charge in [-0.1, -0.05) is 23.2 Å². The fourth-order valence-electron chi connectivity index (χ4n) is 1.16. The Kier molecular flexibility index (Phi) is 9.69. The van der Waals surface area contributed by atoms with E-state index in [1.165, 1.54) is 0 Å². The molecule has 0 heterocycles. The topological polar surface area (TPSA) is 47.3 Å². The molecule has 0 saturated carbocycles. The Labute approximate surface area is 118 Å². The molecule has 0 aromatic heterocycles. The Morgan fingerprint density at radius 1 is 1.18 bits per heavy atom. The molecular weight excluding hydrogens is 282 g/mol. The van der Waals surface area contributed by atoms with E-state index in [4.69, 9.17) is 33.7 Å². The predicted octanol–water partition coefficient (Wildman–Crippen LogP) is 2.73. The van der Waals surface area contributed by atoms with Crippen molar-refractivity contribution in [1.82, 2.24) is 5.32 Å². The fourth-order valence-corrected chi connectivity index (χ4v) is 1.45. The zero-order chi connectivity index (χ0) is 11.8. The number of nitrogens with one attached hydrogen (secondary N) is 1. The van der Waals surface area contributed by atoms with Crippen LogP contribution < -0.4 is 15.8 Å². The second-order valence-corrected chi connectivity index (χ2v) is 4.13. The minimum Gasteiger partial charge on any atom is -0.492 e. The Balaban J connectivity index is 0.00000256. The van der Waals surface area contributed by atoms with E-state index in [0.717, 1.165) is 25.3 Å². The van der Waals surface area contributed by atoms with Crippen molar-refractivity contribution in [2.75, 3.05) is 26.2 Å². The van der Waals surface area contributed by atoms with Crippen molar-refractivity contribution < 1.29 is 4.74 Å². The van der Waals surface area contributed by atoms with Gasteiger partial charge in [-0.05, 0) is 31.6 Å². The molecule has 1 aromatic carbocycles. The van der Waals surface area contributed by atoms with E-state index in [1.54, 1.807) is 18.2 Å². The largest absolute Gasteiger partial charge is 0.492 e. The van der Waals surface area contributed by atoms with Gasteiger partial charge in [0.05, 0.1) is 10.0 Å². The van der Waals surface area contributed by atoms with Gasteiger partial charge in [0, 0.05) is 12.6 Å².